The fourth-order valence-corrected chi connectivity index (χ4v) is 16.8. The molecule has 0 aromatic rings. The molecular weight excluding hydrogens is 493 g/mol. The third kappa shape index (κ3) is 33.6. The first-order valence-corrected chi connectivity index (χ1v) is 23.5. The second kappa shape index (κ2) is 19.6. The van der Waals surface area contributed by atoms with Crippen molar-refractivity contribution >= 4 is 45.7 Å². The molecule has 0 aromatic heterocycles. The zero-order valence-electron chi connectivity index (χ0n) is 22.1. The summed E-state index contributed by atoms with van der Waals surface area (Å²) in [6, 6.07) is 1.78. The fraction of sp³-hybridized carbons (Fsp3) is 0.760. The van der Waals surface area contributed by atoms with Gasteiger partial charge in [0.2, 0.25) is 0 Å². The molecule has 0 aromatic carbocycles. The Kier molecular flexibility index (Phi) is 25.0. The van der Waals surface area contributed by atoms with Gasteiger partial charge in [-0.15, -0.1) is 0 Å². The van der Waals surface area contributed by atoms with Gasteiger partial charge in [-0.05, 0) is 84.9 Å². The van der Waals surface area contributed by atoms with E-state index in [0.717, 1.165) is 17.7 Å². The quantitative estimate of drug-likeness (QED) is 0.0991. The Hall–Kier alpha value is -0.592. The summed E-state index contributed by atoms with van der Waals surface area (Å²) in [6.45, 7) is 30.5. The lowest BCUT2D eigenvalue weighted by molar-refractivity contribution is -0.139. The second-order valence-electron chi connectivity index (χ2n) is 10.9. The van der Waals surface area contributed by atoms with Gasteiger partial charge in [0.05, 0.1) is 5.76 Å². The van der Waals surface area contributed by atoms with E-state index < -0.39 is 34.0 Å². The third-order valence-electron chi connectivity index (χ3n) is 3.69. The molecule has 34 heavy (non-hydrogen) atoms. The zero-order valence-corrected chi connectivity index (χ0v) is 26.2. The number of carbonyl (C=O) groups excluding carboxylic acids is 2. The Morgan fingerprint density at radius 3 is 1.65 bits per heavy atom. The average molecular weight is 553 g/mol. The zero-order chi connectivity index (χ0) is 25.0. The van der Waals surface area contributed by atoms with Crippen molar-refractivity contribution in [2.45, 2.75) is 126 Å². The first-order chi connectivity index (χ1) is 13.7. The van der Waals surface area contributed by atoms with Crippen LogP contribution in [-0.4, -0.2) is 45.7 Å². The van der Waals surface area contributed by atoms with Crippen LogP contribution in [0.5, 0.6) is 0 Å². The van der Waals surface area contributed by atoms with Gasteiger partial charge in [0, 0.05) is 19.3 Å². The van der Waals surface area contributed by atoms with E-state index in [9.17, 15) is 9.59 Å². The predicted molar refractivity (Wildman–Crippen MR) is 164 cm³/mol. The van der Waals surface area contributed by atoms with Crippen molar-refractivity contribution in [3.63, 3.8) is 0 Å². The van der Waals surface area contributed by atoms with Gasteiger partial charge in [0.15, 0.2) is 34.0 Å². The minimum Gasteiger partial charge on any atom is -0.458 e. The molecule has 0 aliphatic carbocycles. The maximum atomic E-state index is 11.6. The van der Waals surface area contributed by atoms with Crippen molar-refractivity contribution in [3.05, 3.63) is 24.5 Å². The van der Waals surface area contributed by atoms with Crippen molar-refractivity contribution in [2.24, 2.45) is 0 Å². The lowest BCUT2D eigenvalue weighted by Gasteiger charge is -2.31. The third-order valence-corrected chi connectivity index (χ3v) is 15.3. The van der Waals surface area contributed by atoms with Crippen LogP contribution in [0, 0.1) is 0 Å². The van der Waals surface area contributed by atoms with E-state index >= 15 is 0 Å². The number of esters is 1. The minimum absolute atomic E-state index is 0. The van der Waals surface area contributed by atoms with Gasteiger partial charge in [-0.2, -0.15) is 0 Å². The molecule has 206 valence electrons. The highest BCUT2D eigenvalue weighted by molar-refractivity contribution is 6.84. The summed E-state index contributed by atoms with van der Waals surface area (Å²) in [6.07, 6.45) is 1.62. The van der Waals surface area contributed by atoms with Crippen molar-refractivity contribution in [1.82, 2.24) is 0 Å². The molecule has 5 nitrogen and oxygen atoms in total. The normalized spacial score (nSPS) is 11.9. The Balaban J connectivity index is -0.000000152. The van der Waals surface area contributed by atoms with Crippen molar-refractivity contribution in [1.29, 1.82) is 0 Å². The molecule has 0 N–H and O–H groups in total. The second-order valence-corrected chi connectivity index (χ2v) is 27.3. The topological polar surface area (TPSA) is 61.8 Å². The van der Waals surface area contributed by atoms with E-state index in [1.165, 1.54) is 0 Å². The molecule has 0 aliphatic heterocycles. The van der Waals surface area contributed by atoms with E-state index in [-0.39, 0.29) is 28.2 Å². The molecule has 0 rings (SSSR count). The number of allylic oxidation sites excluding steroid dienone is 2. The molecule has 0 saturated heterocycles. The number of ether oxygens (including phenoxy) is 1. The maximum Gasteiger partial charge on any atom is 0.310 e. The number of ketones is 1. The van der Waals surface area contributed by atoms with E-state index in [4.69, 9.17) is 13.0 Å². The molecule has 0 heterocycles. The van der Waals surface area contributed by atoms with Gasteiger partial charge < -0.3 is 13.0 Å². The van der Waals surface area contributed by atoms with E-state index in [1.54, 1.807) is 6.92 Å². The van der Waals surface area contributed by atoms with Gasteiger partial charge in [-0.25, -0.2) is 0 Å². The molecule has 9 heteroatoms. The Morgan fingerprint density at radius 2 is 1.29 bits per heavy atom. The largest absolute Gasteiger partial charge is 0.458 e. The molecule has 0 saturated carbocycles. The highest BCUT2D eigenvalue weighted by Gasteiger charge is 2.29. The SMILES string of the molecule is C.C.C.C=C(C)CC(=O)CC[Si](C)(C)O[Si](C)(C)C.C=C(C)OC(=O)CC[SiH](C)O[Si](C)(C)C. The summed E-state index contributed by atoms with van der Waals surface area (Å²) in [5, 5.41) is 0. The van der Waals surface area contributed by atoms with Crippen LogP contribution in [0.1, 0.15) is 55.4 Å². The highest BCUT2D eigenvalue weighted by Crippen LogP contribution is 2.20. The number of Topliss-reactive ketones (excluding diaryl/α,β-unsaturated/α-hetero) is 1. The number of hydrogen-bond acceptors (Lipinski definition) is 5. The van der Waals surface area contributed by atoms with Crippen LogP contribution < -0.4 is 0 Å². The lowest BCUT2D eigenvalue weighted by Crippen LogP contribution is -2.42. The van der Waals surface area contributed by atoms with Crippen LogP contribution in [0.3, 0.4) is 0 Å². The van der Waals surface area contributed by atoms with E-state index in [0.29, 0.717) is 30.8 Å². The Bertz CT molecular complexity index is 605. The van der Waals surface area contributed by atoms with Crippen LogP contribution in [0.25, 0.3) is 0 Å². The van der Waals surface area contributed by atoms with Gasteiger partial charge in [0.1, 0.15) is 5.78 Å². The molecular formula is C25H60O5Si4. The summed E-state index contributed by atoms with van der Waals surface area (Å²) in [4.78, 5) is 22.8. The maximum absolute atomic E-state index is 11.6. The van der Waals surface area contributed by atoms with Gasteiger partial charge in [-0.3, -0.25) is 9.59 Å². The summed E-state index contributed by atoms with van der Waals surface area (Å²) >= 11 is 0. The summed E-state index contributed by atoms with van der Waals surface area (Å²) in [5.74, 6) is 0.564. The number of hydrogen-bond donors (Lipinski definition) is 0. The molecule has 0 bridgehead atoms. The van der Waals surface area contributed by atoms with E-state index in [2.05, 4.69) is 72.1 Å². The van der Waals surface area contributed by atoms with Gasteiger partial charge in [0.25, 0.3) is 0 Å². The molecule has 1 unspecified atom stereocenters. The Labute approximate surface area is 218 Å². The molecule has 0 aliphatic rings. The summed E-state index contributed by atoms with van der Waals surface area (Å²) < 4.78 is 17.0. The van der Waals surface area contributed by atoms with Gasteiger partial charge in [-0.1, -0.05) is 41.0 Å². The summed E-state index contributed by atoms with van der Waals surface area (Å²) in [7, 11) is -5.73. The smallest absolute Gasteiger partial charge is 0.310 e. The minimum atomic E-state index is -1.64. The first kappa shape index (κ1) is 43.5. The van der Waals surface area contributed by atoms with Crippen molar-refractivity contribution < 1.29 is 22.6 Å². The van der Waals surface area contributed by atoms with E-state index in [1.807, 2.05) is 6.92 Å². The Morgan fingerprint density at radius 1 is 0.824 bits per heavy atom. The molecule has 0 amide bonds. The number of carbonyl (C=O) groups is 2. The average Bonchev–Trinajstić information content (AvgIpc) is 2.46. The van der Waals surface area contributed by atoms with Crippen LogP contribution in [-0.2, 0) is 22.6 Å². The molecule has 0 fully saturated rings. The summed E-state index contributed by atoms with van der Waals surface area (Å²) in [5.41, 5.74) is 0.954. The van der Waals surface area contributed by atoms with Crippen LogP contribution in [0.4, 0.5) is 0 Å². The monoisotopic (exact) mass is 552 g/mol. The van der Waals surface area contributed by atoms with Crippen LogP contribution in [0.2, 0.25) is 71.0 Å². The first-order valence-electron chi connectivity index (χ1n) is 11.1. The van der Waals surface area contributed by atoms with Crippen LogP contribution >= 0.6 is 0 Å². The standard InChI is InChI=1S/C12H26O2Si2.C10H22O3Si2.3CH4/c1-11(2)10-12(13)8-9-16(6,7)14-15(3,4)5;1-9(2)12-10(11)7-8-14(3)13-15(4,5)6;;;/h1,8-10H2,2-7H3;14H,1,7-8H2,2-6H3;3*1H4. The molecule has 0 spiro atoms. The van der Waals surface area contributed by atoms with Crippen molar-refractivity contribution in [2.75, 3.05) is 0 Å². The molecule has 0 radical (unpaired) electrons. The van der Waals surface area contributed by atoms with Gasteiger partial charge >= 0.3 is 5.97 Å². The highest BCUT2D eigenvalue weighted by atomic mass is 28.4. The lowest BCUT2D eigenvalue weighted by atomic mass is 10.1. The van der Waals surface area contributed by atoms with Crippen LogP contribution in [0.15, 0.2) is 24.5 Å². The molecule has 1 atom stereocenters. The van der Waals surface area contributed by atoms with Crippen molar-refractivity contribution in [3.8, 4) is 0 Å². The predicted octanol–water partition coefficient (Wildman–Crippen LogP) is 8.54. The number of rotatable bonds is 13. The fourth-order valence-electron chi connectivity index (χ4n) is 2.97.